The summed E-state index contributed by atoms with van der Waals surface area (Å²) in [6.45, 7) is 2.13. The fraction of sp³-hybridized carbons (Fsp3) is 0.182. The maximum absolute atomic E-state index is 12.4. The van der Waals surface area contributed by atoms with Gasteiger partial charge in [0.2, 0.25) is 5.78 Å². The molecule has 0 saturated heterocycles. The Morgan fingerprint density at radius 1 is 1.21 bits per heavy atom. The van der Waals surface area contributed by atoms with E-state index >= 15 is 0 Å². The molecule has 0 fully saturated rings. The summed E-state index contributed by atoms with van der Waals surface area (Å²) in [6.07, 6.45) is 3.30. The summed E-state index contributed by atoms with van der Waals surface area (Å²) < 4.78 is 13.7. The van der Waals surface area contributed by atoms with Crippen molar-refractivity contribution < 1.29 is 14.3 Å². The third kappa shape index (κ3) is 5.28. The minimum absolute atomic E-state index is 0.108. The second kappa shape index (κ2) is 9.29. The molecule has 0 aliphatic carbocycles. The monoisotopic (exact) mass is 474 g/mol. The maximum Gasteiger partial charge on any atom is 0.203 e. The number of aromatic nitrogens is 2. The molecule has 5 nitrogen and oxygen atoms in total. The summed E-state index contributed by atoms with van der Waals surface area (Å²) in [5.41, 5.74) is 3.05. The summed E-state index contributed by atoms with van der Waals surface area (Å²) in [4.78, 5) is 12.4. The molecule has 29 heavy (non-hydrogen) atoms. The van der Waals surface area contributed by atoms with E-state index in [-0.39, 0.29) is 12.4 Å². The standard InChI is InChI=1S/C22H20BrClN2O3/c1-14-10-19(26(2)25-14)20(27)7-4-15-5-8-21(28-3)16(11-15)13-29-22-9-6-17(23)12-18(22)24/h4-12H,13H2,1-3H3/b7-4+. The van der Waals surface area contributed by atoms with Crippen LogP contribution in [0, 0.1) is 6.92 Å². The van der Waals surface area contributed by atoms with Gasteiger partial charge < -0.3 is 9.47 Å². The molecule has 0 saturated carbocycles. The highest BCUT2D eigenvalue weighted by molar-refractivity contribution is 9.10. The number of carbonyl (C=O) groups is 1. The van der Waals surface area contributed by atoms with Crippen molar-refractivity contribution in [1.29, 1.82) is 0 Å². The van der Waals surface area contributed by atoms with E-state index in [4.69, 9.17) is 21.1 Å². The van der Waals surface area contributed by atoms with E-state index in [1.807, 2.05) is 31.2 Å². The number of aryl methyl sites for hydroxylation is 2. The first kappa shape index (κ1) is 21.1. The highest BCUT2D eigenvalue weighted by atomic mass is 79.9. The molecule has 0 atom stereocenters. The first-order valence-electron chi connectivity index (χ1n) is 8.85. The first-order chi connectivity index (χ1) is 13.9. The molecule has 0 aliphatic rings. The number of carbonyl (C=O) groups excluding carboxylic acids is 1. The molecule has 0 unspecified atom stereocenters. The van der Waals surface area contributed by atoms with Crippen molar-refractivity contribution in [2.45, 2.75) is 13.5 Å². The summed E-state index contributed by atoms with van der Waals surface area (Å²) in [7, 11) is 3.36. The number of hydrogen-bond donors (Lipinski definition) is 0. The van der Waals surface area contributed by atoms with Crippen LogP contribution in [0.1, 0.15) is 27.3 Å². The second-order valence-corrected chi connectivity index (χ2v) is 7.75. The van der Waals surface area contributed by atoms with Gasteiger partial charge in [-0.15, -0.1) is 0 Å². The van der Waals surface area contributed by atoms with E-state index in [1.165, 1.54) is 6.08 Å². The van der Waals surface area contributed by atoms with E-state index in [0.717, 1.165) is 21.3 Å². The molecule has 2 aromatic carbocycles. The summed E-state index contributed by atoms with van der Waals surface area (Å²) in [5, 5.41) is 4.72. The normalized spacial score (nSPS) is 11.1. The van der Waals surface area contributed by atoms with Crippen molar-refractivity contribution in [3.8, 4) is 11.5 Å². The van der Waals surface area contributed by atoms with Crippen LogP contribution in [0.15, 0.2) is 53.0 Å². The van der Waals surface area contributed by atoms with Gasteiger partial charge in [-0.1, -0.05) is 39.7 Å². The lowest BCUT2D eigenvalue weighted by Crippen LogP contribution is -2.04. The lowest BCUT2D eigenvalue weighted by atomic mass is 10.1. The molecule has 7 heteroatoms. The number of halogens is 2. The van der Waals surface area contributed by atoms with Crippen molar-refractivity contribution in [2.24, 2.45) is 7.05 Å². The van der Waals surface area contributed by atoms with E-state index in [0.29, 0.717) is 22.2 Å². The number of benzene rings is 2. The Bertz CT molecular complexity index is 1080. The zero-order chi connectivity index (χ0) is 21.0. The fourth-order valence-electron chi connectivity index (χ4n) is 2.86. The minimum Gasteiger partial charge on any atom is -0.496 e. The molecule has 0 bridgehead atoms. The number of methoxy groups -OCH3 is 1. The number of hydrogen-bond acceptors (Lipinski definition) is 4. The quantitative estimate of drug-likeness (QED) is 0.328. The molecule has 1 aromatic heterocycles. The van der Waals surface area contributed by atoms with Crippen molar-refractivity contribution in [1.82, 2.24) is 9.78 Å². The summed E-state index contributed by atoms with van der Waals surface area (Å²) in [5.74, 6) is 1.17. The van der Waals surface area contributed by atoms with Crippen LogP contribution in [0.25, 0.3) is 6.08 Å². The van der Waals surface area contributed by atoms with Gasteiger partial charge in [0.15, 0.2) is 0 Å². The topological polar surface area (TPSA) is 53.3 Å². The minimum atomic E-state index is -0.108. The van der Waals surface area contributed by atoms with Crippen molar-refractivity contribution in [2.75, 3.05) is 7.11 Å². The number of rotatable bonds is 7. The van der Waals surface area contributed by atoms with E-state index in [9.17, 15) is 4.79 Å². The van der Waals surface area contributed by atoms with Crippen LogP contribution in [-0.2, 0) is 13.7 Å². The largest absolute Gasteiger partial charge is 0.496 e. The average molecular weight is 476 g/mol. The Balaban J connectivity index is 1.77. The van der Waals surface area contributed by atoms with E-state index in [2.05, 4.69) is 21.0 Å². The SMILES string of the molecule is COc1ccc(/C=C/C(=O)c2cc(C)nn2C)cc1COc1ccc(Br)cc1Cl. The van der Waals surface area contributed by atoms with E-state index in [1.54, 1.807) is 43.1 Å². The van der Waals surface area contributed by atoms with Gasteiger partial charge in [0, 0.05) is 17.1 Å². The predicted molar refractivity (Wildman–Crippen MR) is 118 cm³/mol. The Kier molecular flexibility index (Phi) is 6.77. The molecule has 0 amide bonds. The molecular formula is C22H20BrClN2O3. The zero-order valence-corrected chi connectivity index (χ0v) is 18.6. The molecule has 0 aliphatic heterocycles. The Hall–Kier alpha value is -2.57. The van der Waals surface area contributed by atoms with Gasteiger partial charge in [-0.25, -0.2) is 0 Å². The highest BCUT2D eigenvalue weighted by Crippen LogP contribution is 2.30. The van der Waals surface area contributed by atoms with Gasteiger partial charge in [-0.05, 0) is 55.0 Å². The molecule has 0 radical (unpaired) electrons. The van der Waals surface area contributed by atoms with Crippen LogP contribution in [0.5, 0.6) is 11.5 Å². The Morgan fingerprint density at radius 2 is 1.97 bits per heavy atom. The number of nitrogens with zero attached hydrogens (tertiary/aromatic N) is 2. The molecular weight excluding hydrogens is 456 g/mol. The Morgan fingerprint density at radius 3 is 2.62 bits per heavy atom. The van der Waals surface area contributed by atoms with Gasteiger partial charge in [0.1, 0.15) is 23.8 Å². The number of ether oxygens (including phenoxy) is 2. The van der Waals surface area contributed by atoms with Crippen LogP contribution in [0.3, 0.4) is 0 Å². The van der Waals surface area contributed by atoms with Crippen LogP contribution in [0.4, 0.5) is 0 Å². The summed E-state index contributed by atoms with van der Waals surface area (Å²) >= 11 is 9.59. The average Bonchev–Trinajstić information content (AvgIpc) is 3.03. The van der Waals surface area contributed by atoms with E-state index < -0.39 is 0 Å². The molecule has 0 N–H and O–H groups in total. The van der Waals surface area contributed by atoms with Gasteiger partial charge in [0.05, 0.1) is 17.8 Å². The molecule has 0 spiro atoms. The predicted octanol–water partition coefficient (Wildman–Crippen LogP) is 5.63. The van der Waals surface area contributed by atoms with Gasteiger partial charge >= 0.3 is 0 Å². The van der Waals surface area contributed by atoms with Gasteiger partial charge in [-0.3, -0.25) is 9.48 Å². The van der Waals surface area contributed by atoms with Crippen LogP contribution >= 0.6 is 27.5 Å². The molecule has 3 aromatic rings. The number of ketones is 1. The Labute approximate surface area is 183 Å². The van der Waals surface area contributed by atoms with Crippen LogP contribution in [-0.4, -0.2) is 22.7 Å². The summed E-state index contributed by atoms with van der Waals surface area (Å²) in [6, 6.07) is 12.9. The third-order valence-electron chi connectivity index (χ3n) is 4.26. The highest BCUT2D eigenvalue weighted by Gasteiger charge is 2.10. The lowest BCUT2D eigenvalue weighted by Gasteiger charge is -2.12. The number of allylic oxidation sites excluding steroid dienone is 1. The molecule has 3 rings (SSSR count). The van der Waals surface area contributed by atoms with Crippen molar-refractivity contribution in [3.63, 3.8) is 0 Å². The van der Waals surface area contributed by atoms with Crippen molar-refractivity contribution >= 4 is 39.4 Å². The van der Waals surface area contributed by atoms with Gasteiger partial charge in [0.25, 0.3) is 0 Å². The second-order valence-electron chi connectivity index (χ2n) is 6.43. The van der Waals surface area contributed by atoms with Crippen LogP contribution < -0.4 is 9.47 Å². The third-order valence-corrected chi connectivity index (χ3v) is 5.05. The molecule has 150 valence electrons. The smallest absolute Gasteiger partial charge is 0.203 e. The molecule has 1 heterocycles. The van der Waals surface area contributed by atoms with Crippen molar-refractivity contribution in [3.05, 3.63) is 80.6 Å². The first-order valence-corrected chi connectivity index (χ1v) is 10.0. The van der Waals surface area contributed by atoms with Gasteiger partial charge in [-0.2, -0.15) is 5.10 Å². The lowest BCUT2D eigenvalue weighted by molar-refractivity contribution is 0.103. The fourth-order valence-corrected chi connectivity index (χ4v) is 3.59. The van der Waals surface area contributed by atoms with Crippen LogP contribution in [0.2, 0.25) is 5.02 Å². The maximum atomic E-state index is 12.4. The zero-order valence-electron chi connectivity index (χ0n) is 16.3.